The number of piperidine rings is 1. The number of nitrogens with one attached hydrogen (secondary N) is 1. The fourth-order valence-electron chi connectivity index (χ4n) is 3.90. The Kier molecular flexibility index (Phi) is 9.36. The number of hydrogen-bond acceptors (Lipinski definition) is 3. The van der Waals surface area contributed by atoms with Crippen molar-refractivity contribution in [3.05, 3.63) is 0 Å². The van der Waals surface area contributed by atoms with E-state index in [4.69, 9.17) is 9.84 Å². The van der Waals surface area contributed by atoms with E-state index in [1.54, 1.807) is 0 Å². The van der Waals surface area contributed by atoms with Crippen LogP contribution in [0.25, 0.3) is 0 Å². The number of aliphatic hydroxyl groups is 1. The molecule has 1 saturated heterocycles. The fourth-order valence-corrected chi connectivity index (χ4v) is 4.35. The molecule has 2 atom stereocenters. The summed E-state index contributed by atoms with van der Waals surface area (Å²) < 4.78 is 6.06. The summed E-state index contributed by atoms with van der Waals surface area (Å²) in [5.41, 5.74) is 0. The van der Waals surface area contributed by atoms with Crippen molar-refractivity contribution in [3.8, 4) is 0 Å². The minimum atomic E-state index is 0.339. The van der Waals surface area contributed by atoms with Crippen LogP contribution in [0.5, 0.6) is 0 Å². The van der Waals surface area contributed by atoms with Crippen molar-refractivity contribution in [2.45, 2.75) is 87.6 Å². The molecule has 3 nitrogen and oxygen atoms in total. The second-order valence-corrected chi connectivity index (χ2v) is 8.38. The number of unbranched alkanes of at least 4 members (excludes halogenated alkanes) is 4. The highest BCUT2D eigenvalue weighted by Crippen LogP contribution is 2.32. The minimum absolute atomic E-state index is 0.339. The Morgan fingerprint density at radius 2 is 1.64 bits per heavy atom. The van der Waals surface area contributed by atoms with Crippen molar-refractivity contribution in [2.24, 2.45) is 5.92 Å². The Morgan fingerprint density at radius 3 is 2.32 bits per heavy atom. The van der Waals surface area contributed by atoms with Crippen molar-refractivity contribution in [1.29, 1.82) is 0 Å². The van der Waals surface area contributed by atoms with E-state index in [2.05, 4.69) is 21.2 Å². The van der Waals surface area contributed by atoms with Crippen LogP contribution in [0.15, 0.2) is 0 Å². The van der Waals surface area contributed by atoms with E-state index >= 15 is 0 Å². The molecule has 1 aliphatic heterocycles. The normalized spacial score (nSPS) is 33.0. The van der Waals surface area contributed by atoms with Gasteiger partial charge in [-0.1, -0.05) is 35.2 Å². The van der Waals surface area contributed by atoms with Gasteiger partial charge < -0.3 is 15.2 Å². The Balaban J connectivity index is 1.48. The van der Waals surface area contributed by atoms with Gasteiger partial charge in [0.2, 0.25) is 0 Å². The SMILES string of the molecule is OCCCCCCCOC1CCC(C2CCC(Br)CN2)CC1. The largest absolute Gasteiger partial charge is 0.396 e. The Bertz CT molecular complexity index is 274. The highest BCUT2D eigenvalue weighted by Gasteiger charge is 2.30. The topological polar surface area (TPSA) is 41.5 Å². The lowest BCUT2D eigenvalue weighted by Gasteiger charge is -2.37. The average Bonchev–Trinajstić information content (AvgIpc) is 2.55. The smallest absolute Gasteiger partial charge is 0.0575 e. The standard InChI is InChI=1S/C18H34BrNO2/c19-16-8-11-18(20-14-16)15-6-9-17(10-7-15)22-13-5-3-1-2-4-12-21/h15-18,20-21H,1-14H2. The van der Waals surface area contributed by atoms with Crippen LogP contribution in [0, 0.1) is 5.92 Å². The van der Waals surface area contributed by atoms with E-state index in [1.165, 1.54) is 57.8 Å². The maximum Gasteiger partial charge on any atom is 0.0575 e. The first kappa shape index (κ1) is 18.7. The summed E-state index contributed by atoms with van der Waals surface area (Å²) in [5, 5.41) is 12.5. The van der Waals surface area contributed by atoms with E-state index in [0.29, 0.717) is 17.5 Å². The molecule has 0 aromatic heterocycles. The van der Waals surface area contributed by atoms with Gasteiger partial charge in [0.15, 0.2) is 0 Å². The second kappa shape index (κ2) is 11.0. The molecular weight excluding hydrogens is 342 g/mol. The fraction of sp³-hybridized carbons (Fsp3) is 1.00. The van der Waals surface area contributed by atoms with Crippen molar-refractivity contribution >= 4 is 15.9 Å². The first-order valence-electron chi connectivity index (χ1n) is 9.39. The monoisotopic (exact) mass is 375 g/mol. The molecule has 1 heterocycles. The number of halogens is 1. The zero-order valence-corrected chi connectivity index (χ0v) is 15.5. The van der Waals surface area contributed by atoms with Gasteiger partial charge in [0.25, 0.3) is 0 Å². The third-order valence-corrected chi connectivity index (χ3v) is 6.12. The Hall–Kier alpha value is 0.360. The molecule has 1 saturated carbocycles. The van der Waals surface area contributed by atoms with Crippen LogP contribution in [-0.2, 0) is 4.74 Å². The summed E-state index contributed by atoms with van der Waals surface area (Å²) in [5.74, 6) is 0.873. The van der Waals surface area contributed by atoms with Crippen LogP contribution in [0.3, 0.4) is 0 Å². The molecule has 0 spiro atoms. The molecule has 22 heavy (non-hydrogen) atoms. The number of rotatable bonds is 9. The Morgan fingerprint density at radius 1 is 0.909 bits per heavy atom. The molecule has 0 amide bonds. The second-order valence-electron chi connectivity index (χ2n) is 7.09. The summed E-state index contributed by atoms with van der Waals surface area (Å²) in [7, 11) is 0. The zero-order valence-electron chi connectivity index (χ0n) is 13.9. The van der Waals surface area contributed by atoms with Crippen LogP contribution < -0.4 is 5.32 Å². The van der Waals surface area contributed by atoms with Crippen LogP contribution in [0.2, 0.25) is 0 Å². The summed E-state index contributed by atoms with van der Waals surface area (Å²) >= 11 is 3.71. The molecule has 2 fully saturated rings. The molecule has 0 aromatic carbocycles. The van der Waals surface area contributed by atoms with Gasteiger partial charge >= 0.3 is 0 Å². The van der Waals surface area contributed by atoms with Gasteiger partial charge in [-0.05, 0) is 57.3 Å². The van der Waals surface area contributed by atoms with Crippen molar-refractivity contribution in [1.82, 2.24) is 5.32 Å². The predicted octanol–water partition coefficient (Wildman–Crippen LogP) is 4.02. The van der Waals surface area contributed by atoms with Crippen molar-refractivity contribution in [3.63, 3.8) is 0 Å². The molecule has 1 aliphatic carbocycles. The van der Waals surface area contributed by atoms with Gasteiger partial charge in [0.05, 0.1) is 6.10 Å². The van der Waals surface area contributed by atoms with Crippen LogP contribution in [-0.4, -0.2) is 41.8 Å². The first-order chi connectivity index (χ1) is 10.8. The van der Waals surface area contributed by atoms with Gasteiger partial charge in [-0.3, -0.25) is 0 Å². The highest BCUT2D eigenvalue weighted by molar-refractivity contribution is 9.09. The third kappa shape index (κ3) is 6.86. The summed E-state index contributed by atoms with van der Waals surface area (Å²) in [6.07, 6.45) is 14.1. The van der Waals surface area contributed by atoms with Crippen LogP contribution in [0.1, 0.15) is 70.6 Å². The third-order valence-electron chi connectivity index (χ3n) is 5.34. The lowest BCUT2D eigenvalue weighted by atomic mass is 9.80. The molecule has 2 aliphatic rings. The van der Waals surface area contributed by atoms with Gasteiger partial charge in [-0.25, -0.2) is 0 Å². The van der Waals surface area contributed by atoms with Crippen LogP contribution >= 0.6 is 15.9 Å². The van der Waals surface area contributed by atoms with E-state index in [0.717, 1.165) is 38.0 Å². The predicted molar refractivity (Wildman–Crippen MR) is 95.6 cm³/mol. The summed E-state index contributed by atoms with van der Waals surface area (Å²) in [6, 6.07) is 0.751. The maximum absolute atomic E-state index is 8.74. The molecule has 0 aromatic rings. The molecule has 4 heteroatoms. The van der Waals surface area contributed by atoms with E-state index in [1.807, 2.05) is 0 Å². The average molecular weight is 376 g/mol. The van der Waals surface area contributed by atoms with Gasteiger partial charge in [-0.15, -0.1) is 0 Å². The van der Waals surface area contributed by atoms with Crippen molar-refractivity contribution < 1.29 is 9.84 Å². The van der Waals surface area contributed by atoms with E-state index in [9.17, 15) is 0 Å². The molecule has 2 N–H and O–H groups in total. The van der Waals surface area contributed by atoms with Crippen molar-refractivity contribution in [2.75, 3.05) is 19.8 Å². The van der Waals surface area contributed by atoms with Gasteiger partial charge in [-0.2, -0.15) is 0 Å². The summed E-state index contributed by atoms with van der Waals surface area (Å²) in [4.78, 5) is 0.681. The quantitative estimate of drug-likeness (QED) is 0.472. The zero-order chi connectivity index (χ0) is 15.6. The molecule has 130 valence electrons. The number of ether oxygens (including phenoxy) is 1. The number of aliphatic hydroxyl groups excluding tert-OH is 1. The molecular formula is C18H34BrNO2. The number of hydrogen-bond donors (Lipinski definition) is 2. The first-order valence-corrected chi connectivity index (χ1v) is 10.3. The van der Waals surface area contributed by atoms with E-state index < -0.39 is 0 Å². The molecule has 2 unspecified atom stereocenters. The van der Waals surface area contributed by atoms with Gasteiger partial charge in [0.1, 0.15) is 0 Å². The molecule has 0 bridgehead atoms. The summed E-state index contributed by atoms with van der Waals surface area (Å²) in [6.45, 7) is 2.41. The lowest BCUT2D eigenvalue weighted by Crippen LogP contribution is -2.45. The van der Waals surface area contributed by atoms with Gasteiger partial charge in [0, 0.05) is 30.6 Å². The highest BCUT2D eigenvalue weighted by atomic mass is 79.9. The Labute approximate surface area is 144 Å². The number of alkyl halides is 1. The van der Waals surface area contributed by atoms with E-state index in [-0.39, 0.29) is 0 Å². The molecule has 0 radical (unpaired) electrons. The maximum atomic E-state index is 8.74. The van der Waals surface area contributed by atoms with Crippen LogP contribution in [0.4, 0.5) is 0 Å². The molecule has 2 rings (SSSR count). The lowest BCUT2D eigenvalue weighted by molar-refractivity contribution is 0.0109. The minimum Gasteiger partial charge on any atom is -0.396 e.